The number of ether oxygens (including phenoxy) is 1. The van der Waals surface area contributed by atoms with Crippen LogP contribution in [0.5, 0.6) is 11.5 Å². The molecule has 22 heavy (non-hydrogen) atoms. The van der Waals surface area contributed by atoms with Crippen LogP contribution in [-0.4, -0.2) is 24.4 Å². The zero-order valence-electron chi connectivity index (χ0n) is 11.9. The normalized spacial score (nSPS) is 11.0. The van der Waals surface area contributed by atoms with Crippen LogP contribution in [0.25, 0.3) is 0 Å². The van der Waals surface area contributed by atoms with Crippen LogP contribution < -0.4 is 44.7 Å². The number of aromatic nitrogens is 1. The summed E-state index contributed by atoms with van der Waals surface area (Å²) in [5.74, 6) is 0.798. The van der Waals surface area contributed by atoms with E-state index in [1.807, 2.05) is 6.07 Å². The maximum Gasteiger partial charge on any atom is 1.00 e. The summed E-state index contributed by atoms with van der Waals surface area (Å²) in [5, 5.41) is 13.9. The number of nitrogens with one attached hydrogen (secondary N) is 1. The van der Waals surface area contributed by atoms with Crippen molar-refractivity contribution in [3.8, 4) is 11.5 Å². The van der Waals surface area contributed by atoms with Crippen molar-refractivity contribution in [2.45, 2.75) is 0 Å². The Balaban J connectivity index is 0.000000367. The molecule has 3 rings (SSSR count). The largest absolute Gasteiger partial charge is 1.00 e. The van der Waals surface area contributed by atoms with Gasteiger partial charge >= 0.3 is 29.6 Å². The van der Waals surface area contributed by atoms with Gasteiger partial charge in [0.15, 0.2) is 0 Å². The van der Waals surface area contributed by atoms with Gasteiger partial charge in [0, 0.05) is 28.8 Å². The van der Waals surface area contributed by atoms with Crippen molar-refractivity contribution in [2.24, 2.45) is 0 Å². The molecular weight excluding hydrogens is 427 g/mol. The van der Waals surface area contributed by atoms with Gasteiger partial charge in [0.25, 0.3) is 0 Å². The fourth-order valence-corrected chi connectivity index (χ4v) is 1.97. The van der Waals surface area contributed by atoms with Gasteiger partial charge in [0.1, 0.15) is 18.6 Å². The van der Waals surface area contributed by atoms with E-state index in [1.54, 1.807) is 12.4 Å². The van der Waals surface area contributed by atoms with E-state index in [0.29, 0.717) is 16.3 Å². The number of anilines is 1. The van der Waals surface area contributed by atoms with Crippen LogP contribution in [0.1, 0.15) is 10.4 Å². The van der Waals surface area contributed by atoms with E-state index < -0.39 is 0 Å². The van der Waals surface area contributed by atoms with Crippen LogP contribution in [0, 0.1) is 0 Å². The molecule has 0 saturated carbocycles. The van der Waals surface area contributed by atoms with Crippen molar-refractivity contribution in [1.82, 2.24) is 4.98 Å². The Bertz CT molecular complexity index is 589. The van der Waals surface area contributed by atoms with Crippen LogP contribution >= 0.6 is 32.9 Å². The van der Waals surface area contributed by atoms with Crippen LogP contribution in [0.2, 0.25) is 0 Å². The Labute approximate surface area is 169 Å². The Hall–Kier alpha value is -0.600. The Kier molecular flexibility index (Phi) is 10.7. The number of pyridine rings is 1. The molecule has 1 aliphatic heterocycles. The molecule has 8 heteroatoms. The first-order chi connectivity index (χ1) is 9.70. The molecule has 1 N–H and O–H groups in total. The summed E-state index contributed by atoms with van der Waals surface area (Å²) in [6.45, 7) is 1.62. The summed E-state index contributed by atoms with van der Waals surface area (Å²) < 4.78 is 5.75. The van der Waals surface area contributed by atoms with Crippen molar-refractivity contribution in [2.75, 3.05) is 18.5 Å². The van der Waals surface area contributed by atoms with Crippen molar-refractivity contribution < 1.29 is 44.2 Å². The Morgan fingerprint density at radius 2 is 2.14 bits per heavy atom. The summed E-state index contributed by atoms with van der Waals surface area (Å²) in [4.78, 5) is 14.1. The van der Waals surface area contributed by atoms with Crippen molar-refractivity contribution in [3.63, 3.8) is 0 Å². The number of aldehydes is 1. The van der Waals surface area contributed by atoms with Crippen molar-refractivity contribution in [3.05, 3.63) is 46.7 Å². The van der Waals surface area contributed by atoms with E-state index in [0.717, 1.165) is 24.6 Å². The third kappa shape index (κ3) is 6.26. The van der Waals surface area contributed by atoms with Gasteiger partial charge in [-0.3, -0.25) is 9.78 Å². The van der Waals surface area contributed by atoms with E-state index in [2.05, 4.69) is 26.2 Å². The predicted molar refractivity (Wildman–Crippen MR) is 87.5 cm³/mol. The molecule has 1 aliphatic rings. The monoisotopic (exact) mass is 438 g/mol. The van der Waals surface area contributed by atoms with Crippen LogP contribution in [0.4, 0.5) is 5.69 Å². The minimum Gasteiger partial charge on any atom is -0.872 e. The second kappa shape index (κ2) is 11.0. The smallest absolute Gasteiger partial charge is 0.872 e. The van der Waals surface area contributed by atoms with E-state index in [4.69, 9.17) is 4.74 Å². The van der Waals surface area contributed by atoms with E-state index in [9.17, 15) is 9.90 Å². The molecule has 0 radical (unpaired) electrons. The molecule has 2 heterocycles. The molecule has 0 aliphatic carbocycles. The van der Waals surface area contributed by atoms with Gasteiger partial charge in [0.2, 0.25) is 0 Å². The quantitative estimate of drug-likeness (QED) is 0.492. The van der Waals surface area contributed by atoms with Gasteiger partial charge in [0.05, 0.1) is 11.9 Å². The number of carbonyl (C=O) groups excluding carboxylic acids is 1. The summed E-state index contributed by atoms with van der Waals surface area (Å²) in [5.41, 5.74) is 1.50. The molecule has 0 bridgehead atoms. The minimum atomic E-state index is -0.106. The molecule has 0 fully saturated rings. The molecule has 112 valence electrons. The van der Waals surface area contributed by atoms with E-state index in [1.165, 1.54) is 18.2 Å². The van der Waals surface area contributed by atoms with Gasteiger partial charge in [-0.15, -0.1) is 17.0 Å². The average Bonchev–Trinajstić information content (AvgIpc) is 2.51. The second-order valence-corrected chi connectivity index (χ2v) is 4.81. The molecule has 0 unspecified atom stereocenters. The zero-order valence-corrected chi connectivity index (χ0v) is 17.2. The maximum absolute atomic E-state index is 10.7. The van der Waals surface area contributed by atoms with Crippen molar-refractivity contribution in [1.29, 1.82) is 0 Å². The van der Waals surface area contributed by atoms with Gasteiger partial charge < -0.3 is 15.2 Å². The summed E-state index contributed by atoms with van der Waals surface area (Å²) in [7, 11) is 0. The topological polar surface area (TPSA) is 74.3 Å². The summed E-state index contributed by atoms with van der Waals surface area (Å²) >= 11 is 3.02. The minimum absolute atomic E-state index is 0. The second-order valence-electron chi connectivity index (χ2n) is 3.95. The standard InChI is InChI=1S/C7H5BrO2.C7H8N2O.BrH.Na/c8-6-3-5(4-9)1-2-7(6)10;1-2-8-5-6-7(1)10-4-3-9-6;;/h1-4,10H;1-2,5,9H,3-4H2;1H;/q;;;+1/p-1. The number of hydrogen-bond acceptors (Lipinski definition) is 5. The summed E-state index contributed by atoms with van der Waals surface area (Å²) in [6.07, 6.45) is 4.20. The number of hydrogen-bond donors (Lipinski definition) is 1. The van der Waals surface area contributed by atoms with Gasteiger partial charge in [-0.05, 0) is 6.07 Å². The zero-order chi connectivity index (χ0) is 14.4. The SMILES string of the molecule is Br.O=Cc1ccc([O-])c(Br)c1.[Na+].c1cc2c(cn1)NCCO2. The van der Waals surface area contributed by atoms with Gasteiger partial charge in [-0.25, -0.2) is 0 Å². The first-order valence-electron chi connectivity index (χ1n) is 5.93. The molecule has 1 aromatic carbocycles. The first kappa shape index (κ1) is 21.4. The number of nitrogens with zero attached hydrogens (tertiary/aromatic N) is 1. The molecule has 1 aromatic heterocycles. The third-order valence-electron chi connectivity index (χ3n) is 2.55. The van der Waals surface area contributed by atoms with Crippen molar-refractivity contribution >= 4 is 44.9 Å². The molecule has 0 saturated heterocycles. The third-order valence-corrected chi connectivity index (χ3v) is 3.17. The van der Waals surface area contributed by atoms with Crippen LogP contribution in [0.15, 0.2) is 41.1 Å². The number of benzene rings is 1. The number of rotatable bonds is 1. The summed E-state index contributed by atoms with van der Waals surface area (Å²) in [6, 6.07) is 6.20. The Morgan fingerprint density at radius 3 is 2.77 bits per heavy atom. The first-order valence-corrected chi connectivity index (χ1v) is 6.72. The van der Waals surface area contributed by atoms with E-state index >= 15 is 0 Å². The molecule has 0 amide bonds. The molecule has 0 atom stereocenters. The predicted octanol–water partition coefficient (Wildman–Crippen LogP) is -0.197. The fourth-order valence-electron chi connectivity index (χ4n) is 1.58. The van der Waals surface area contributed by atoms with Gasteiger partial charge in [-0.1, -0.05) is 33.8 Å². The van der Waals surface area contributed by atoms with Crippen LogP contribution in [0.3, 0.4) is 0 Å². The molecule has 5 nitrogen and oxygen atoms in total. The fraction of sp³-hybridized carbons (Fsp3) is 0.143. The maximum atomic E-state index is 10.7. The number of fused-ring (bicyclic) bond motifs is 1. The average molecular weight is 440 g/mol. The molecule has 0 spiro atoms. The number of carbonyl (C=O) groups is 1. The number of halogens is 2. The van der Waals surface area contributed by atoms with E-state index in [-0.39, 0.29) is 52.3 Å². The molecular formula is C14H13Br2N2NaO3. The Morgan fingerprint density at radius 1 is 1.36 bits per heavy atom. The van der Waals surface area contributed by atoms with Crippen LogP contribution in [-0.2, 0) is 0 Å². The van der Waals surface area contributed by atoms with Gasteiger partial charge in [-0.2, -0.15) is 0 Å². The molecule has 2 aromatic rings.